The summed E-state index contributed by atoms with van der Waals surface area (Å²) < 4.78 is 10.8. The average molecular weight is 313 g/mol. The van der Waals surface area contributed by atoms with Crippen molar-refractivity contribution >= 4 is 6.21 Å². The van der Waals surface area contributed by atoms with Crippen molar-refractivity contribution < 1.29 is 14.3 Å². The summed E-state index contributed by atoms with van der Waals surface area (Å²) in [6, 6.07) is 12.0. The molecule has 0 N–H and O–H groups in total. The predicted octanol–water partition coefficient (Wildman–Crippen LogP) is 4.26. The summed E-state index contributed by atoms with van der Waals surface area (Å²) in [6.07, 6.45) is 1.67. The molecule has 4 nitrogen and oxygen atoms in total. The molecule has 0 unspecified atom stereocenters. The van der Waals surface area contributed by atoms with E-state index in [0.717, 1.165) is 16.9 Å². The van der Waals surface area contributed by atoms with Crippen molar-refractivity contribution in [3.63, 3.8) is 0 Å². The third-order valence-electron chi connectivity index (χ3n) is 3.28. The van der Waals surface area contributed by atoms with Gasteiger partial charge in [-0.25, -0.2) is 0 Å². The minimum absolute atomic E-state index is 0.452. The third kappa shape index (κ3) is 5.02. The van der Waals surface area contributed by atoms with Gasteiger partial charge in [0, 0.05) is 5.56 Å². The molecule has 0 bridgehead atoms. The molecule has 0 aliphatic carbocycles. The van der Waals surface area contributed by atoms with E-state index in [1.54, 1.807) is 13.3 Å². The summed E-state index contributed by atoms with van der Waals surface area (Å²) in [5.41, 5.74) is 4.46. The summed E-state index contributed by atoms with van der Waals surface area (Å²) in [4.78, 5) is 5.38. The number of hydrogen-bond donors (Lipinski definition) is 0. The fourth-order valence-electron chi connectivity index (χ4n) is 2.40. The van der Waals surface area contributed by atoms with Crippen LogP contribution >= 0.6 is 0 Å². The van der Waals surface area contributed by atoms with E-state index in [4.69, 9.17) is 14.3 Å². The molecule has 4 heteroatoms. The Balaban J connectivity index is 1.97. The van der Waals surface area contributed by atoms with Crippen molar-refractivity contribution in [3.8, 4) is 11.5 Å². The third-order valence-corrected chi connectivity index (χ3v) is 3.28. The van der Waals surface area contributed by atoms with E-state index in [1.165, 1.54) is 11.1 Å². The maximum absolute atomic E-state index is 5.49. The SMILES string of the molecule is CCOc1ccc(C=NOCc2cc(C)cc(C)c2)cc1OC. The molecule has 2 aromatic carbocycles. The van der Waals surface area contributed by atoms with Gasteiger partial charge in [0.05, 0.1) is 19.9 Å². The highest BCUT2D eigenvalue weighted by Gasteiger charge is 2.04. The first-order valence-corrected chi connectivity index (χ1v) is 7.65. The van der Waals surface area contributed by atoms with Gasteiger partial charge in [-0.05, 0) is 44.5 Å². The van der Waals surface area contributed by atoms with Crippen LogP contribution in [0.3, 0.4) is 0 Å². The second-order valence-corrected chi connectivity index (χ2v) is 5.35. The van der Waals surface area contributed by atoms with Crippen LogP contribution in [0.4, 0.5) is 0 Å². The fourth-order valence-corrected chi connectivity index (χ4v) is 2.40. The van der Waals surface area contributed by atoms with Gasteiger partial charge in [-0.3, -0.25) is 0 Å². The molecule has 2 rings (SSSR count). The van der Waals surface area contributed by atoms with Crippen molar-refractivity contribution in [1.29, 1.82) is 0 Å². The summed E-state index contributed by atoms with van der Waals surface area (Å²) in [5, 5.41) is 4.03. The monoisotopic (exact) mass is 313 g/mol. The maximum atomic E-state index is 5.49. The molecular weight excluding hydrogens is 290 g/mol. The molecule has 0 fully saturated rings. The van der Waals surface area contributed by atoms with E-state index in [2.05, 4.69) is 37.2 Å². The second-order valence-electron chi connectivity index (χ2n) is 5.35. The van der Waals surface area contributed by atoms with Gasteiger partial charge in [0.25, 0.3) is 0 Å². The molecule has 122 valence electrons. The zero-order chi connectivity index (χ0) is 16.7. The number of ether oxygens (including phenoxy) is 2. The largest absolute Gasteiger partial charge is 0.493 e. The van der Waals surface area contributed by atoms with Gasteiger partial charge in [0.15, 0.2) is 11.5 Å². The minimum atomic E-state index is 0.452. The summed E-state index contributed by atoms with van der Waals surface area (Å²) >= 11 is 0. The molecule has 2 aromatic rings. The molecular formula is C19H23NO3. The second kappa shape index (κ2) is 8.22. The van der Waals surface area contributed by atoms with Crippen LogP contribution in [0.1, 0.15) is 29.2 Å². The Morgan fingerprint density at radius 2 is 1.74 bits per heavy atom. The van der Waals surface area contributed by atoms with E-state index < -0.39 is 0 Å². The number of methoxy groups -OCH3 is 1. The van der Waals surface area contributed by atoms with Gasteiger partial charge in [-0.15, -0.1) is 0 Å². The van der Waals surface area contributed by atoms with Gasteiger partial charge in [-0.1, -0.05) is 34.5 Å². The minimum Gasteiger partial charge on any atom is -0.493 e. The lowest BCUT2D eigenvalue weighted by molar-refractivity contribution is 0.132. The van der Waals surface area contributed by atoms with E-state index in [1.807, 2.05) is 25.1 Å². The zero-order valence-electron chi connectivity index (χ0n) is 14.1. The highest BCUT2D eigenvalue weighted by molar-refractivity contribution is 5.80. The molecule has 0 aliphatic heterocycles. The van der Waals surface area contributed by atoms with Gasteiger partial charge >= 0.3 is 0 Å². The molecule has 0 aromatic heterocycles. The average Bonchev–Trinajstić information content (AvgIpc) is 2.52. The van der Waals surface area contributed by atoms with Crippen molar-refractivity contribution in [2.24, 2.45) is 5.16 Å². The molecule has 0 atom stereocenters. The number of aryl methyl sites for hydroxylation is 2. The van der Waals surface area contributed by atoms with E-state index in [0.29, 0.717) is 19.0 Å². The Bertz CT molecular complexity index is 660. The standard InChI is InChI=1S/C19H23NO3/c1-5-22-18-7-6-16(11-19(18)21-4)12-20-23-13-17-9-14(2)8-15(3)10-17/h6-12H,5,13H2,1-4H3. The molecule has 0 aliphatic rings. The Morgan fingerprint density at radius 3 is 2.39 bits per heavy atom. The van der Waals surface area contributed by atoms with Crippen LogP contribution in [0.2, 0.25) is 0 Å². The van der Waals surface area contributed by atoms with Crippen LogP contribution in [-0.2, 0) is 11.4 Å². The van der Waals surface area contributed by atoms with Crippen LogP contribution in [-0.4, -0.2) is 19.9 Å². The lowest BCUT2D eigenvalue weighted by atomic mass is 10.1. The number of oxime groups is 1. The molecule has 0 heterocycles. The van der Waals surface area contributed by atoms with E-state index >= 15 is 0 Å². The topological polar surface area (TPSA) is 40.0 Å². The van der Waals surface area contributed by atoms with Gasteiger partial charge < -0.3 is 14.3 Å². The number of benzene rings is 2. The molecule has 0 saturated carbocycles. The molecule has 0 saturated heterocycles. The summed E-state index contributed by atoms with van der Waals surface area (Å²) in [6.45, 7) is 7.14. The van der Waals surface area contributed by atoms with Gasteiger partial charge in [-0.2, -0.15) is 0 Å². The lowest BCUT2D eigenvalue weighted by Crippen LogP contribution is -1.96. The summed E-state index contributed by atoms with van der Waals surface area (Å²) in [7, 11) is 1.62. The Hall–Kier alpha value is -2.49. The molecule has 0 spiro atoms. The first-order chi connectivity index (χ1) is 11.1. The number of hydrogen-bond acceptors (Lipinski definition) is 4. The van der Waals surface area contributed by atoms with Crippen molar-refractivity contribution in [3.05, 3.63) is 58.7 Å². The first-order valence-electron chi connectivity index (χ1n) is 7.65. The van der Waals surface area contributed by atoms with Crippen LogP contribution in [0.5, 0.6) is 11.5 Å². The van der Waals surface area contributed by atoms with Gasteiger partial charge in [0.1, 0.15) is 6.61 Å². The van der Waals surface area contributed by atoms with Crippen LogP contribution in [0, 0.1) is 13.8 Å². The molecule has 23 heavy (non-hydrogen) atoms. The Morgan fingerprint density at radius 1 is 1.00 bits per heavy atom. The van der Waals surface area contributed by atoms with Crippen LogP contribution < -0.4 is 9.47 Å². The molecule has 0 radical (unpaired) electrons. The first kappa shape index (κ1) is 16.9. The normalized spacial score (nSPS) is 10.8. The maximum Gasteiger partial charge on any atom is 0.161 e. The van der Waals surface area contributed by atoms with Crippen molar-refractivity contribution in [2.75, 3.05) is 13.7 Å². The van der Waals surface area contributed by atoms with Gasteiger partial charge in [0.2, 0.25) is 0 Å². The highest BCUT2D eigenvalue weighted by atomic mass is 16.6. The molecule has 0 amide bonds. The smallest absolute Gasteiger partial charge is 0.161 e. The lowest BCUT2D eigenvalue weighted by Gasteiger charge is -2.09. The Labute approximate surface area is 137 Å². The van der Waals surface area contributed by atoms with E-state index in [-0.39, 0.29) is 0 Å². The zero-order valence-corrected chi connectivity index (χ0v) is 14.1. The summed E-state index contributed by atoms with van der Waals surface area (Å²) in [5.74, 6) is 1.41. The van der Waals surface area contributed by atoms with Crippen molar-refractivity contribution in [2.45, 2.75) is 27.4 Å². The highest BCUT2D eigenvalue weighted by Crippen LogP contribution is 2.27. The Kier molecular flexibility index (Phi) is 6.03. The fraction of sp³-hybridized carbons (Fsp3) is 0.316. The predicted molar refractivity (Wildman–Crippen MR) is 92.5 cm³/mol. The van der Waals surface area contributed by atoms with Crippen molar-refractivity contribution in [1.82, 2.24) is 0 Å². The quantitative estimate of drug-likeness (QED) is 0.566. The van der Waals surface area contributed by atoms with E-state index in [9.17, 15) is 0 Å². The van der Waals surface area contributed by atoms with Crippen LogP contribution in [0.15, 0.2) is 41.6 Å². The number of rotatable bonds is 7. The number of nitrogens with zero attached hydrogens (tertiary/aromatic N) is 1. The van der Waals surface area contributed by atoms with Crippen LogP contribution in [0.25, 0.3) is 0 Å².